The van der Waals surface area contributed by atoms with Gasteiger partial charge in [0.2, 0.25) is 0 Å². The lowest BCUT2D eigenvalue weighted by atomic mass is 9.90. The highest BCUT2D eigenvalue weighted by molar-refractivity contribution is 7.19. The molecule has 2 heteroatoms. The zero-order chi connectivity index (χ0) is 23.1. The van der Waals surface area contributed by atoms with Gasteiger partial charge in [-0.2, -0.15) is 0 Å². The second-order valence-electron chi connectivity index (χ2n) is 11.2. The summed E-state index contributed by atoms with van der Waals surface area (Å²) in [5, 5.41) is 7.78. The molecule has 0 radical (unpaired) electrons. The molecule has 0 amide bonds. The first-order valence-corrected chi connectivity index (χ1v) is 15.0. The summed E-state index contributed by atoms with van der Waals surface area (Å²) in [6.45, 7) is 14.3. The molecule has 0 aliphatic rings. The van der Waals surface area contributed by atoms with Gasteiger partial charge in [0.25, 0.3) is 0 Å². The van der Waals surface area contributed by atoms with Gasteiger partial charge in [0.05, 0.1) is 0 Å². The van der Waals surface area contributed by atoms with Gasteiger partial charge in [0, 0.05) is 9.40 Å². The van der Waals surface area contributed by atoms with Gasteiger partial charge in [-0.25, -0.2) is 0 Å². The monoisotopic (exact) mass is 470 g/mol. The van der Waals surface area contributed by atoms with Crippen molar-refractivity contribution in [2.45, 2.75) is 106 Å². The van der Waals surface area contributed by atoms with E-state index in [9.17, 15) is 0 Å². The number of fused-ring (bicyclic) bond motifs is 2. The van der Waals surface area contributed by atoms with E-state index >= 15 is 0 Å². The largest absolute Gasteiger partial charge is 0.143 e. The summed E-state index contributed by atoms with van der Waals surface area (Å²) >= 11 is 3.95. The molecule has 0 N–H and O–H groups in total. The Morgan fingerprint density at radius 3 is 1.34 bits per heavy atom. The van der Waals surface area contributed by atoms with Crippen molar-refractivity contribution in [2.75, 3.05) is 0 Å². The van der Waals surface area contributed by atoms with Crippen molar-refractivity contribution in [1.29, 1.82) is 0 Å². The van der Waals surface area contributed by atoms with E-state index in [4.69, 9.17) is 0 Å². The van der Waals surface area contributed by atoms with Crippen LogP contribution in [0, 0.1) is 23.7 Å². The molecule has 178 valence electrons. The lowest BCUT2D eigenvalue weighted by Gasteiger charge is -2.16. The summed E-state index contributed by atoms with van der Waals surface area (Å²) in [5.41, 5.74) is 3.27. The number of benzene rings is 1. The first kappa shape index (κ1) is 25.8. The van der Waals surface area contributed by atoms with Crippen LogP contribution in [0.15, 0.2) is 22.9 Å². The Bertz CT molecular complexity index is 818. The van der Waals surface area contributed by atoms with Gasteiger partial charge in [0.1, 0.15) is 0 Å². The van der Waals surface area contributed by atoms with Gasteiger partial charge >= 0.3 is 0 Å². The minimum absolute atomic E-state index is 0.823. The van der Waals surface area contributed by atoms with Crippen molar-refractivity contribution in [3.8, 4) is 0 Å². The molecule has 0 bridgehead atoms. The highest BCUT2D eigenvalue weighted by Crippen LogP contribution is 2.40. The number of hydrogen-bond acceptors (Lipinski definition) is 2. The molecule has 0 saturated carbocycles. The minimum atomic E-state index is 0.823. The zero-order valence-electron chi connectivity index (χ0n) is 21.5. The summed E-state index contributed by atoms with van der Waals surface area (Å²) in [6, 6.07) is 4.82. The fourth-order valence-electron chi connectivity index (χ4n) is 5.12. The molecular weight excluding hydrogens is 424 g/mol. The average molecular weight is 471 g/mol. The fourth-order valence-corrected chi connectivity index (χ4v) is 7.15. The molecular formula is C30H46S2. The van der Waals surface area contributed by atoms with Gasteiger partial charge in [0.15, 0.2) is 0 Å². The number of aryl methyl sites for hydroxylation is 2. The Morgan fingerprint density at radius 1 is 0.562 bits per heavy atom. The Balaban J connectivity index is 1.71. The molecule has 3 aromatic rings. The molecule has 2 unspecified atom stereocenters. The van der Waals surface area contributed by atoms with E-state index in [1.54, 1.807) is 31.3 Å². The predicted octanol–water partition coefficient (Wildman–Crippen LogP) is 10.9. The predicted molar refractivity (Wildman–Crippen MR) is 150 cm³/mol. The Labute approximate surface area is 205 Å². The smallest absolute Gasteiger partial charge is 0.0384 e. The van der Waals surface area contributed by atoms with Gasteiger partial charge in [-0.05, 0) is 94.1 Å². The van der Waals surface area contributed by atoms with E-state index < -0.39 is 0 Å². The zero-order valence-corrected chi connectivity index (χ0v) is 23.1. The van der Waals surface area contributed by atoms with Crippen LogP contribution in [0.1, 0.15) is 104 Å². The third kappa shape index (κ3) is 7.07. The van der Waals surface area contributed by atoms with Crippen molar-refractivity contribution in [2.24, 2.45) is 23.7 Å². The highest BCUT2D eigenvalue weighted by Gasteiger charge is 2.17. The number of rotatable bonds is 14. The Morgan fingerprint density at radius 2 is 0.969 bits per heavy atom. The lowest BCUT2D eigenvalue weighted by molar-refractivity contribution is 0.437. The van der Waals surface area contributed by atoms with E-state index in [0.29, 0.717) is 0 Å². The third-order valence-corrected chi connectivity index (χ3v) is 9.21. The molecule has 2 aromatic heterocycles. The van der Waals surface area contributed by atoms with Crippen molar-refractivity contribution in [1.82, 2.24) is 0 Å². The van der Waals surface area contributed by atoms with E-state index in [-0.39, 0.29) is 0 Å². The van der Waals surface area contributed by atoms with Crippen molar-refractivity contribution < 1.29 is 0 Å². The summed E-state index contributed by atoms with van der Waals surface area (Å²) < 4.78 is 3.15. The van der Waals surface area contributed by atoms with E-state index in [0.717, 1.165) is 23.7 Å². The normalized spacial score (nSPS) is 14.2. The van der Waals surface area contributed by atoms with Crippen LogP contribution in [0.5, 0.6) is 0 Å². The molecule has 0 aliphatic heterocycles. The summed E-state index contributed by atoms with van der Waals surface area (Å²) in [4.78, 5) is 0. The molecule has 0 saturated heterocycles. The maximum absolute atomic E-state index is 2.46. The number of thiophene rings is 2. The van der Waals surface area contributed by atoms with Crippen LogP contribution in [0.3, 0.4) is 0 Å². The van der Waals surface area contributed by atoms with Gasteiger partial charge in [-0.15, -0.1) is 22.7 Å². The third-order valence-electron chi connectivity index (χ3n) is 7.26. The summed E-state index contributed by atoms with van der Waals surface area (Å²) in [6.07, 6.45) is 13.4. The van der Waals surface area contributed by atoms with Crippen molar-refractivity contribution >= 4 is 42.8 Å². The van der Waals surface area contributed by atoms with Crippen LogP contribution < -0.4 is 0 Å². The Kier molecular flexibility index (Phi) is 10.1. The van der Waals surface area contributed by atoms with Crippen LogP contribution in [-0.2, 0) is 12.8 Å². The van der Waals surface area contributed by atoms with Gasteiger partial charge < -0.3 is 0 Å². The SMILES string of the molecule is CC(C)CCCC(C)CCc1c2ccsc2c(CCC(C)CCCC(C)C)c2ccsc12. The summed E-state index contributed by atoms with van der Waals surface area (Å²) in [7, 11) is 0. The standard InChI is InChI=1S/C30H46S2/c1-21(2)9-7-11-23(5)13-15-25-27-17-19-32-30(27)26(28-18-20-31-29(25)28)16-14-24(6)12-8-10-22(3)4/h17-24H,7-16H2,1-6H3. The molecule has 32 heavy (non-hydrogen) atoms. The molecule has 0 aliphatic carbocycles. The van der Waals surface area contributed by atoms with Gasteiger partial charge in [-0.1, -0.05) is 80.1 Å². The Hall–Kier alpha value is -0.860. The topological polar surface area (TPSA) is 0 Å². The number of hydrogen-bond donors (Lipinski definition) is 0. The van der Waals surface area contributed by atoms with Crippen molar-refractivity contribution in [3.05, 3.63) is 34.0 Å². The average Bonchev–Trinajstić information content (AvgIpc) is 3.39. The first-order chi connectivity index (χ1) is 15.4. The van der Waals surface area contributed by atoms with Gasteiger partial charge in [-0.3, -0.25) is 0 Å². The van der Waals surface area contributed by atoms with Crippen LogP contribution in [-0.4, -0.2) is 0 Å². The van der Waals surface area contributed by atoms with Crippen LogP contribution in [0.4, 0.5) is 0 Å². The fraction of sp³-hybridized carbons (Fsp3) is 0.667. The van der Waals surface area contributed by atoms with E-state index in [1.807, 2.05) is 22.7 Å². The second-order valence-corrected chi connectivity index (χ2v) is 13.1. The van der Waals surface area contributed by atoms with Crippen LogP contribution in [0.25, 0.3) is 20.2 Å². The maximum atomic E-state index is 2.46. The van der Waals surface area contributed by atoms with E-state index in [2.05, 4.69) is 64.4 Å². The van der Waals surface area contributed by atoms with E-state index in [1.165, 1.54) is 64.2 Å². The van der Waals surface area contributed by atoms with Crippen LogP contribution >= 0.6 is 22.7 Å². The first-order valence-electron chi connectivity index (χ1n) is 13.2. The molecule has 2 atom stereocenters. The lowest BCUT2D eigenvalue weighted by Crippen LogP contribution is -2.01. The molecule has 3 rings (SSSR count). The minimum Gasteiger partial charge on any atom is -0.143 e. The van der Waals surface area contributed by atoms with Crippen molar-refractivity contribution in [3.63, 3.8) is 0 Å². The molecule has 1 aromatic carbocycles. The molecule has 0 spiro atoms. The van der Waals surface area contributed by atoms with Crippen LogP contribution in [0.2, 0.25) is 0 Å². The molecule has 2 heterocycles. The quantitative estimate of drug-likeness (QED) is 0.220. The maximum Gasteiger partial charge on any atom is 0.0384 e. The highest BCUT2D eigenvalue weighted by atomic mass is 32.1. The molecule has 0 nitrogen and oxygen atoms in total. The second kappa shape index (κ2) is 12.6. The summed E-state index contributed by atoms with van der Waals surface area (Å²) in [5.74, 6) is 3.32. The molecule has 0 fully saturated rings.